The minimum atomic E-state index is -0.0868. The monoisotopic (exact) mass is 420 g/mol. The Morgan fingerprint density at radius 2 is 1.71 bits per heavy atom. The average molecular weight is 420 g/mol. The number of nitrogens with zero attached hydrogens (tertiary/aromatic N) is 2. The molecule has 0 aromatic heterocycles. The van der Waals surface area contributed by atoms with Gasteiger partial charge in [-0.1, -0.05) is 12.1 Å². The highest BCUT2D eigenvalue weighted by molar-refractivity contribution is 5.93. The zero-order chi connectivity index (χ0) is 21.6. The van der Waals surface area contributed by atoms with Crippen molar-refractivity contribution in [1.82, 2.24) is 4.90 Å². The van der Waals surface area contributed by atoms with Crippen LogP contribution in [0.3, 0.4) is 0 Å². The first-order chi connectivity index (χ1) is 15.1. The predicted octanol–water partition coefficient (Wildman–Crippen LogP) is 2.77. The number of benzene rings is 2. The fourth-order valence-electron chi connectivity index (χ4n) is 3.77. The van der Waals surface area contributed by atoms with E-state index in [2.05, 4.69) is 21.6 Å². The van der Waals surface area contributed by atoms with Crippen molar-refractivity contribution in [3.63, 3.8) is 0 Å². The molecule has 1 saturated heterocycles. The third-order valence-corrected chi connectivity index (χ3v) is 5.49. The number of nitrogens with one attached hydrogen (secondary N) is 2. The van der Waals surface area contributed by atoms with Crippen molar-refractivity contribution in [2.75, 3.05) is 37.1 Å². The first kappa shape index (κ1) is 20.7. The van der Waals surface area contributed by atoms with E-state index in [1.54, 1.807) is 30.3 Å². The Kier molecular flexibility index (Phi) is 6.34. The number of piperidine rings is 1. The van der Waals surface area contributed by atoms with Crippen LogP contribution in [-0.4, -0.2) is 43.1 Å². The number of nitriles is 1. The number of carbonyl (C=O) groups excluding carboxylic acids is 2. The van der Waals surface area contributed by atoms with Crippen LogP contribution >= 0.6 is 0 Å². The third kappa shape index (κ3) is 5.32. The second-order valence-electron chi connectivity index (χ2n) is 7.69. The summed E-state index contributed by atoms with van der Waals surface area (Å²) in [5.74, 6) is 1.13. The Labute approximate surface area is 180 Å². The molecule has 2 aromatic carbocycles. The molecule has 8 nitrogen and oxygen atoms in total. The van der Waals surface area contributed by atoms with Crippen LogP contribution in [0.4, 0.5) is 11.4 Å². The van der Waals surface area contributed by atoms with E-state index in [1.807, 2.05) is 12.1 Å². The van der Waals surface area contributed by atoms with Gasteiger partial charge < -0.3 is 20.1 Å². The maximum atomic E-state index is 12.6. The minimum Gasteiger partial charge on any atom is -0.454 e. The molecule has 2 aliphatic rings. The molecule has 2 N–H and O–H groups in total. The second kappa shape index (κ2) is 9.49. The molecular formula is C23H24N4O4. The van der Waals surface area contributed by atoms with Crippen molar-refractivity contribution in [3.05, 3.63) is 48.0 Å². The second-order valence-corrected chi connectivity index (χ2v) is 7.69. The molecule has 1 fully saturated rings. The van der Waals surface area contributed by atoms with Gasteiger partial charge in [-0.2, -0.15) is 5.26 Å². The smallest absolute Gasteiger partial charge is 0.238 e. The van der Waals surface area contributed by atoms with E-state index in [-0.39, 0.29) is 31.1 Å². The summed E-state index contributed by atoms with van der Waals surface area (Å²) < 4.78 is 10.6. The lowest BCUT2D eigenvalue weighted by molar-refractivity contribution is -0.121. The van der Waals surface area contributed by atoms with Crippen molar-refractivity contribution in [1.29, 1.82) is 5.26 Å². The van der Waals surface area contributed by atoms with Crippen LogP contribution in [0, 0.1) is 17.2 Å². The van der Waals surface area contributed by atoms with Crippen LogP contribution < -0.4 is 20.1 Å². The number of amides is 2. The molecule has 8 heteroatoms. The molecule has 0 spiro atoms. The molecule has 160 valence electrons. The lowest BCUT2D eigenvalue weighted by Gasteiger charge is -2.30. The molecule has 2 amide bonds. The molecule has 0 atom stereocenters. The van der Waals surface area contributed by atoms with Crippen LogP contribution in [0.15, 0.2) is 42.5 Å². The standard InChI is InChI=1S/C23H24N4O4/c24-10-7-16-1-3-18(4-2-16)25-22(28)14-27-11-8-17(9-12-27)23(29)26-19-5-6-20-21(13-19)31-15-30-20/h1-6,13,17H,7-9,11-12,14-15H2,(H,25,28)(H,26,29). The number of anilines is 2. The lowest BCUT2D eigenvalue weighted by Crippen LogP contribution is -2.41. The predicted molar refractivity (Wildman–Crippen MR) is 115 cm³/mol. The largest absolute Gasteiger partial charge is 0.454 e. The number of hydrogen-bond donors (Lipinski definition) is 2. The molecule has 2 aromatic rings. The molecule has 0 unspecified atom stereocenters. The van der Waals surface area contributed by atoms with Gasteiger partial charge in [-0.25, -0.2) is 0 Å². The van der Waals surface area contributed by atoms with Crippen LogP contribution in [0.2, 0.25) is 0 Å². The lowest BCUT2D eigenvalue weighted by atomic mass is 9.95. The van der Waals surface area contributed by atoms with Gasteiger partial charge in [-0.15, -0.1) is 0 Å². The van der Waals surface area contributed by atoms with E-state index in [0.29, 0.717) is 55.2 Å². The van der Waals surface area contributed by atoms with E-state index in [9.17, 15) is 9.59 Å². The summed E-state index contributed by atoms with van der Waals surface area (Å²) in [5, 5.41) is 14.5. The van der Waals surface area contributed by atoms with Crippen LogP contribution in [0.25, 0.3) is 0 Å². The fraction of sp³-hybridized carbons (Fsp3) is 0.348. The maximum Gasteiger partial charge on any atom is 0.238 e. The van der Waals surface area contributed by atoms with Gasteiger partial charge >= 0.3 is 0 Å². The number of hydrogen-bond acceptors (Lipinski definition) is 6. The summed E-state index contributed by atoms with van der Waals surface area (Å²) in [5.41, 5.74) is 2.32. The van der Waals surface area contributed by atoms with Gasteiger partial charge in [0.1, 0.15) is 0 Å². The summed E-state index contributed by atoms with van der Waals surface area (Å²) in [6, 6.07) is 14.7. The van der Waals surface area contributed by atoms with Crippen molar-refractivity contribution in [2.45, 2.75) is 19.3 Å². The molecular weight excluding hydrogens is 396 g/mol. The van der Waals surface area contributed by atoms with E-state index in [0.717, 1.165) is 5.56 Å². The van der Waals surface area contributed by atoms with Gasteiger partial charge in [-0.05, 0) is 55.8 Å². The number of rotatable bonds is 6. The van der Waals surface area contributed by atoms with Crippen molar-refractivity contribution >= 4 is 23.2 Å². The van der Waals surface area contributed by atoms with Gasteiger partial charge in [0.05, 0.1) is 19.0 Å². The highest BCUT2D eigenvalue weighted by Crippen LogP contribution is 2.34. The SMILES string of the molecule is N#CCc1ccc(NC(=O)CN2CCC(C(=O)Nc3ccc4c(c3)OCO4)CC2)cc1. The van der Waals surface area contributed by atoms with Crippen LogP contribution in [-0.2, 0) is 16.0 Å². The van der Waals surface area contributed by atoms with Gasteiger partial charge in [-0.3, -0.25) is 14.5 Å². The average Bonchev–Trinajstić information content (AvgIpc) is 3.24. The Hall–Kier alpha value is -3.57. The van der Waals surface area contributed by atoms with E-state index in [1.165, 1.54) is 0 Å². The summed E-state index contributed by atoms with van der Waals surface area (Å²) in [7, 11) is 0. The minimum absolute atomic E-state index is 0.0135. The first-order valence-corrected chi connectivity index (χ1v) is 10.3. The van der Waals surface area contributed by atoms with Crippen LogP contribution in [0.1, 0.15) is 18.4 Å². The Morgan fingerprint density at radius 1 is 1.00 bits per heavy atom. The number of carbonyl (C=O) groups is 2. The van der Waals surface area contributed by atoms with E-state index < -0.39 is 0 Å². The van der Waals surface area contributed by atoms with Gasteiger partial charge in [0.25, 0.3) is 0 Å². The normalized spacial score (nSPS) is 15.8. The number of likely N-dealkylation sites (tertiary alicyclic amines) is 1. The molecule has 0 aliphatic carbocycles. The van der Waals surface area contributed by atoms with Crippen molar-refractivity contribution < 1.29 is 19.1 Å². The van der Waals surface area contributed by atoms with E-state index in [4.69, 9.17) is 14.7 Å². The summed E-state index contributed by atoms with van der Waals surface area (Å²) >= 11 is 0. The highest BCUT2D eigenvalue weighted by atomic mass is 16.7. The Balaban J connectivity index is 1.21. The zero-order valence-corrected chi connectivity index (χ0v) is 17.1. The van der Waals surface area contributed by atoms with Crippen molar-refractivity contribution in [2.24, 2.45) is 5.92 Å². The van der Waals surface area contributed by atoms with Gasteiger partial charge in [0.15, 0.2) is 11.5 Å². The summed E-state index contributed by atoms with van der Waals surface area (Å²) in [4.78, 5) is 27.0. The Morgan fingerprint density at radius 3 is 2.45 bits per heavy atom. The zero-order valence-electron chi connectivity index (χ0n) is 17.1. The molecule has 0 bridgehead atoms. The first-order valence-electron chi connectivity index (χ1n) is 10.3. The molecule has 0 saturated carbocycles. The number of fused-ring (bicyclic) bond motifs is 1. The van der Waals surface area contributed by atoms with Gasteiger partial charge in [0.2, 0.25) is 18.6 Å². The topological polar surface area (TPSA) is 104 Å². The quantitative estimate of drug-likeness (QED) is 0.745. The molecule has 0 radical (unpaired) electrons. The molecule has 2 heterocycles. The van der Waals surface area contributed by atoms with Crippen molar-refractivity contribution in [3.8, 4) is 17.6 Å². The maximum absolute atomic E-state index is 12.6. The highest BCUT2D eigenvalue weighted by Gasteiger charge is 2.26. The van der Waals surface area contributed by atoms with Gasteiger partial charge in [0, 0.05) is 23.4 Å². The summed E-state index contributed by atoms with van der Waals surface area (Å²) in [6.45, 7) is 1.86. The van der Waals surface area contributed by atoms with E-state index >= 15 is 0 Å². The summed E-state index contributed by atoms with van der Waals surface area (Å²) in [6.07, 6.45) is 1.75. The Bertz CT molecular complexity index is 992. The number of ether oxygens (including phenoxy) is 2. The molecule has 2 aliphatic heterocycles. The fourth-order valence-corrected chi connectivity index (χ4v) is 3.77. The molecule has 31 heavy (non-hydrogen) atoms. The molecule has 4 rings (SSSR count). The van der Waals surface area contributed by atoms with Crippen LogP contribution in [0.5, 0.6) is 11.5 Å². The third-order valence-electron chi connectivity index (χ3n) is 5.49.